The van der Waals surface area contributed by atoms with Crippen LogP contribution in [0.5, 0.6) is 0 Å². The highest BCUT2D eigenvalue weighted by molar-refractivity contribution is 7.80. The summed E-state index contributed by atoms with van der Waals surface area (Å²) in [7, 11) is 0. The average Bonchev–Trinajstić information content (AvgIpc) is 2.79. The molecular weight excluding hydrogens is 420 g/mol. The van der Waals surface area contributed by atoms with Crippen LogP contribution in [0.2, 0.25) is 0 Å². The van der Waals surface area contributed by atoms with Crippen LogP contribution in [0.1, 0.15) is 52.4 Å². The summed E-state index contributed by atoms with van der Waals surface area (Å²) in [5.41, 5.74) is 2.25. The number of benzene rings is 2. The van der Waals surface area contributed by atoms with Gasteiger partial charge in [-0.3, -0.25) is 0 Å². The minimum Gasteiger partial charge on any atom is -0.362 e. The van der Waals surface area contributed by atoms with Crippen molar-refractivity contribution in [2.45, 2.75) is 52.4 Å². The zero-order valence-electron chi connectivity index (χ0n) is 18.7. The molecule has 0 aliphatic heterocycles. The van der Waals surface area contributed by atoms with Gasteiger partial charge in [0, 0.05) is 24.5 Å². The Labute approximate surface area is 198 Å². The van der Waals surface area contributed by atoms with Crippen LogP contribution in [0.15, 0.2) is 60.7 Å². The molecule has 1 unspecified atom stereocenters. The number of thiocarbonyl (C=S) groups is 2. The maximum atomic E-state index is 5.54. The van der Waals surface area contributed by atoms with E-state index in [9.17, 15) is 0 Å². The van der Waals surface area contributed by atoms with Crippen LogP contribution in [0.25, 0.3) is 0 Å². The second-order valence-corrected chi connectivity index (χ2v) is 8.80. The molecule has 2 aromatic carbocycles. The lowest BCUT2D eigenvalue weighted by Gasteiger charge is -2.34. The predicted molar refractivity (Wildman–Crippen MR) is 143 cm³/mol. The van der Waals surface area contributed by atoms with Crippen LogP contribution in [0.4, 0.5) is 11.4 Å². The molecular formula is C25H36N4S2. The van der Waals surface area contributed by atoms with Crippen molar-refractivity contribution in [3.63, 3.8) is 0 Å². The molecule has 0 saturated carbocycles. The summed E-state index contributed by atoms with van der Waals surface area (Å²) < 4.78 is 0. The van der Waals surface area contributed by atoms with Crippen molar-refractivity contribution in [3.05, 3.63) is 60.7 Å². The van der Waals surface area contributed by atoms with Gasteiger partial charge in [0.15, 0.2) is 10.2 Å². The van der Waals surface area contributed by atoms with E-state index in [0.29, 0.717) is 10.2 Å². The Balaban J connectivity index is 1.80. The van der Waals surface area contributed by atoms with E-state index in [2.05, 4.69) is 35.1 Å². The molecule has 0 heterocycles. The maximum Gasteiger partial charge on any atom is 0.170 e. The molecule has 0 spiro atoms. The zero-order chi connectivity index (χ0) is 22.4. The summed E-state index contributed by atoms with van der Waals surface area (Å²) in [6.45, 7) is 6.29. The number of anilines is 2. The highest BCUT2D eigenvalue weighted by Gasteiger charge is 2.27. The van der Waals surface area contributed by atoms with Crippen LogP contribution in [0.3, 0.4) is 0 Å². The van der Waals surface area contributed by atoms with Crippen molar-refractivity contribution in [1.29, 1.82) is 0 Å². The monoisotopic (exact) mass is 456 g/mol. The number of rotatable bonds is 12. The molecule has 0 bridgehead atoms. The van der Waals surface area contributed by atoms with Crippen LogP contribution < -0.4 is 21.3 Å². The van der Waals surface area contributed by atoms with Crippen LogP contribution in [-0.4, -0.2) is 23.3 Å². The van der Waals surface area contributed by atoms with E-state index in [0.717, 1.165) is 43.7 Å². The van der Waals surface area contributed by atoms with Gasteiger partial charge in [-0.1, -0.05) is 63.1 Å². The zero-order valence-corrected chi connectivity index (χ0v) is 20.4. The van der Waals surface area contributed by atoms with Crippen LogP contribution in [-0.2, 0) is 0 Å². The van der Waals surface area contributed by atoms with Gasteiger partial charge in [-0.15, -0.1) is 0 Å². The Morgan fingerprint density at radius 2 is 1.26 bits per heavy atom. The molecule has 0 aromatic heterocycles. The Morgan fingerprint density at radius 1 is 0.742 bits per heavy atom. The molecule has 2 rings (SSSR count). The number of para-hydroxylation sites is 2. The fraction of sp³-hybridized carbons (Fsp3) is 0.440. The Bertz CT molecular complexity index is 783. The molecule has 168 valence electrons. The SMILES string of the molecule is CCCCC(CC)(CCCNC(=S)Nc1ccccc1)CNC(=S)Nc1ccccc1. The number of hydrogen-bond acceptors (Lipinski definition) is 2. The molecule has 0 amide bonds. The molecule has 4 N–H and O–H groups in total. The third-order valence-electron chi connectivity index (χ3n) is 5.67. The van der Waals surface area contributed by atoms with E-state index >= 15 is 0 Å². The van der Waals surface area contributed by atoms with Gasteiger partial charge in [0.05, 0.1) is 0 Å². The first-order chi connectivity index (χ1) is 15.1. The molecule has 0 radical (unpaired) electrons. The third-order valence-corrected chi connectivity index (χ3v) is 6.16. The van der Waals surface area contributed by atoms with Crippen molar-refractivity contribution in [3.8, 4) is 0 Å². The Hall–Kier alpha value is -2.18. The highest BCUT2D eigenvalue weighted by atomic mass is 32.1. The predicted octanol–water partition coefficient (Wildman–Crippen LogP) is 6.33. The van der Waals surface area contributed by atoms with Crippen LogP contribution in [0, 0.1) is 5.41 Å². The van der Waals surface area contributed by atoms with E-state index < -0.39 is 0 Å². The van der Waals surface area contributed by atoms with E-state index in [1.807, 2.05) is 60.7 Å². The maximum absolute atomic E-state index is 5.54. The van der Waals surface area contributed by atoms with E-state index in [1.54, 1.807) is 0 Å². The largest absolute Gasteiger partial charge is 0.362 e. The lowest BCUT2D eigenvalue weighted by atomic mass is 9.76. The quantitative estimate of drug-likeness (QED) is 0.221. The van der Waals surface area contributed by atoms with E-state index in [4.69, 9.17) is 24.4 Å². The summed E-state index contributed by atoms with van der Waals surface area (Å²) in [5.74, 6) is 0. The molecule has 0 aliphatic rings. The van der Waals surface area contributed by atoms with Gasteiger partial charge in [0.2, 0.25) is 0 Å². The third kappa shape index (κ3) is 9.66. The lowest BCUT2D eigenvalue weighted by molar-refractivity contribution is 0.218. The molecule has 4 nitrogen and oxygen atoms in total. The normalized spacial score (nSPS) is 12.5. The summed E-state index contributed by atoms with van der Waals surface area (Å²) in [6.07, 6.45) is 6.96. The Kier molecular flexibility index (Phi) is 11.3. The minimum absolute atomic E-state index is 0.231. The van der Waals surface area contributed by atoms with E-state index in [1.165, 1.54) is 19.3 Å². The first-order valence-corrected chi connectivity index (χ1v) is 12.1. The molecule has 31 heavy (non-hydrogen) atoms. The molecule has 0 aliphatic carbocycles. The fourth-order valence-electron chi connectivity index (χ4n) is 3.66. The van der Waals surface area contributed by atoms with Gasteiger partial charge < -0.3 is 21.3 Å². The van der Waals surface area contributed by atoms with E-state index in [-0.39, 0.29) is 5.41 Å². The topological polar surface area (TPSA) is 48.1 Å². The van der Waals surface area contributed by atoms with Gasteiger partial charge in [-0.25, -0.2) is 0 Å². The first-order valence-electron chi connectivity index (χ1n) is 11.3. The molecule has 1 atom stereocenters. The second-order valence-electron chi connectivity index (χ2n) is 7.98. The standard InChI is InChI=1S/C25H36N4S2/c1-3-5-17-25(4-2,20-27-24(31)29-22-15-10-7-11-16-22)18-12-19-26-23(30)28-21-13-8-6-9-14-21/h6-11,13-16H,3-5,12,17-20H2,1-2H3,(H2,26,28,30)(H2,27,29,31). The van der Waals surface area contributed by atoms with Gasteiger partial charge >= 0.3 is 0 Å². The van der Waals surface area contributed by atoms with Crippen molar-refractivity contribution in [2.24, 2.45) is 5.41 Å². The first kappa shape index (κ1) is 25.1. The fourth-order valence-corrected chi connectivity index (χ4v) is 4.07. The number of unbranched alkanes of at least 4 members (excludes halogenated alkanes) is 1. The number of nitrogens with one attached hydrogen (secondary N) is 4. The Morgan fingerprint density at radius 3 is 1.77 bits per heavy atom. The van der Waals surface area contributed by atoms with Crippen molar-refractivity contribution in [2.75, 3.05) is 23.7 Å². The molecule has 6 heteroatoms. The highest BCUT2D eigenvalue weighted by Crippen LogP contribution is 2.33. The van der Waals surface area contributed by atoms with Gasteiger partial charge in [-0.05, 0) is 79.8 Å². The van der Waals surface area contributed by atoms with Gasteiger partial charge in [0.25, 0.3) is 0 Å². The number of hydrogen-bond donors (Lipinski definition) is 4. The van der Waals surface area contributed by atoms with Crippen molar-refractivity contribution in [1.82, 2.24) is 10.6 Å². The molecule has 2 aromatic rings. The minimum atomic E-state index is 0.231. The van der Waals surface area contributed by atoms with Gasteiger partial charge in [-0.2, -0.15) is 0 Å². The second kappa shape index (κ2) is 14.0. The van der Waals surface area contributed by atoms with Crippen molar-refractivity contribution >= 4 is 46.0 Å². The summed E-state index contributed by atoms with van der Waals surface area (Å²) in [4.78, 5) is 0. The lowest BCUT2D eigenvalue weighted by Crippen LogP contribution is -2.40. The summed E-state index contributed by atoms with van der Waals surface area (Å²) in [6, 6.07) is 20.1. The smallest absolute Gasteiger partial charge is 0.170 e. The van der Waals surface area contributed by atoms with Gasteiger partial charge in [0.1, 0.15) is 0 Å². The summed E-state index contributed by atoms with van der Waals surface area (Å²) >= 11 is 11.0. The summed E-state index contributed by atoms with van der Waals surface area (Å²) in [5, 5.41) is 14.7. The molecule has 0 saturated heterocycles. The average molecular weight is 457 g/mol. The van der Waals surface area contributed by atoms with Crippen molar-refractivity contribution < 1.29 is 0 Å². The molecule has 0 fully saturated rings. The van der Waals surface area contributed by atoms with Crippen LogP contribution >= 0.6 is 24.4 Å².